The molecule has 0 atom stereocenters. The molecule has 6 nitrogen and oxygen atoms in total. The average molecular weight is 496 g/mol. The number of piperazine rings is 1. The molecule has 0 bridgehead atoms. The molecule has 1 aromatic carbocycles. The Kier molecular flexibility index (Phi) is 6.79. The molecule has 3 heterocycles. The van der Waals surface area contributed by atoms with E-state index in [4.69, 9.17) is 0 Å². The Hall–Kier alpha value is -2.58. The molecule has 1 amide bonds. The summed E-state index contributed by atoms with van der Waals surface area (Å²) in [6.07, 6.45) is 4.36. The summed E-state index contributed by atoms with van der Waals surface area (Å²) in [5.41, 5.74) is 3.40. The highest BCUT2D eigenvalue weighted by molar-refractivity contribution is 7.99. The van der Waals surface area contributed by atoms with Gasteiger partial charge in [-0.2, -0.15) is 4.57 Å². The van der Waals surface area contributed by atoms with Gasteiger partial charge in [-0.25, -0.2) is 9.78 Å². The van der Waals surface area contributed by atoms with E-state index >= 15 is 0 Å². The summed E-state index contributed by atoms with van der Waals surface area (Å²) in [4.78, 5) is 36.6. The molecular formula is C26H31N4O2S2+. The van der Waals surface area contributed by atoms with E-state index in [0.717, 1.165) is 53.3 Å². The number of carbonyl (C=O) groups excluding carboxylic acids is 1. The van der Waals surface area contributed by atoms with Gasteiger partial charge in [0, 0.05) is 36.7 Å². The second kappa shape index (κ2) is 9.96. The first-order valence-corrected chi connectivity index (χ1v) is 13.8. The van der Waals surface area contributed by atoms with Crippen LogP contribution in [-0.4, -0.2) is 47.3 Å². The maximum absolute atomic E-state index is 13.5. The lowest BCUT2D eigenvalue weighted by Gasteiger charge is -2.36. The largest absolute Gasteiger partial charge is 0.368 e. The van der Waals surface area contributed by atoms with Crippen LogP contribution in [0.5, 0.6) is 0 Å². The zero-order chi connectivity index (χ0) is 23.7. The molecule has 1 saturated heterocycles. The number of amides is 1. The number of nitrogens with zero attached hydrogens (tertiary/aromatic N) is 3. The van der Waals surface area contributed by atoms with Crippen LogP contribution >= 0.6 is 23.1 Å². The number of allylic oxidation sites excluding steroid dienone is 1. The van der Waals surface area contributed by atoms with Gasteiger partial charge in [-0.15, -0.1) is 0 Å². The van der Waals surface area contributed by atoms with Gasteiger partial charge in [0.15, 0.2) is 4.83 Å². The maximum Gasteiger partial charge on any atom is 0.347 e. The molecule has 0 unspecified atom stereocenters. The quantitative estimate of drug-likeness (QED) is 0.297. The van der Waals surface area contributed by atoms with Crippen LogP contribution in [0.1, 0.15) is 30.2 Å². The van der Waals surface area contributed by atoms with Crippen molar-refractivity contribution < 1.29 is 9.78 Å². The van der Waals surface area contributed by atoms with Crippen LogP contribution in [-0.2, 0) is 24.2 Å². The first kappa shape index (κ1) is 23.2. The molecule has 1 aliphatic carbocycles. The lowest BCUT2D eigenvalue weighted by molar-refractivity contribution is -0.404. The highest BCUT2D eigenvalue weighted by Crippen LogP contribution is 2.33. The van der Waals surface area contributed by atoms with Gasteiger partial charge in [0.2, 0.25) is 5.91 Å². The summed E-state index contributed by atoms with van der Waals surface area (Å²) in [6.45, 7) is 9.52. The summed E-state index contributed by atoms with van der Waals surface area (Å²) >= 11 is 3.14. The Balaban J connectivity index is 1.32. The van der Waals surface area contributed by atoms with E-state index in [0.29, 0.717) is 25.4 Å². The van der Waals surface area contributed by atoms with Gasteiger partial charge < -0.3 is 9.80 Å². The Labute approximate surface area is 208 Å². The number of aromatic amines is 1. The predicted molar refractivity (Wildman–Crippen MR) is 140 cm³/mol. The molecule has 34 heavy (non-hydrogen) atoms. The number of H-pyrrole nitrogens is 1. The molecule has 0 saturated carbocycles. The third-order valence-electron chi connectivity index (χ3n) is 6.61. The van der Waals surface area contributed by atoms with Crippen LogP contribution in [0.4, 0.5) is 5.69 Å². The van der Waals surface area contributed by atoms with Crippen LogP contribution in [0, 0.1) is 0 Å². The number of thioether (sulfide) groups is 1. The number of fused-ring (bicyclic) bond motifs is 3. The van der Waals surface area contributed by atoms with E-state index in [1.165, 1.54) is 34.3 Å². The number of anilines is 1. The van der Waals surface area contributed by atoms with Crippen molar-refractivity contribution in [2.45, 2.75) is 44.3 Å². The predicted octanol–water partition coefficient (Wildman–Crippen LogP) is 3.77. The SMILES string of the molecule is C=C(C)Cn1c(SCC(=O)N2CCN(c3ccccc3)CC2)[nH+]c2sc3c(c2c1=O)CCCC3. The number of carbonyl (C=O) groups is 1. The van der Waals surface area contributed by atoms with Crippen molar-refractivity contribution in [3.05, 3.63) is 63.3 Å². The highest BCUT2D eigenvalue weighted by Gasteiger charge is 2.28. The van der Waals surface area contributed by atoms with Gasteiger partial charge in [0.1, 0.15) is 11.9 Å². The van der Waals surface area contributed by atoms with E-state index in [-0.39, 0.29) is 11.5 Å². The standard InChI is InChI=1S/C26H30N4O2S2/c1-18(2)16-30-25(32)23-20-10-6-7-11-21(20)34-24(23)27-26(30)33-17-22(31)29-14-12-28(13-15-29)19-8-4-3-5-9-19/h3-5,8-9H,1,6-7,10-17H2,2H3/p+1. The number of thiophene rings is 1. The summed E-state index contributed by atoms with van der Waals surface area (Å²) in [5.74, 6) is 0.430. The summed E-state index contributed by atoms with van der Waals surface area (Å²) in [7, 11) is 0. The van der Waals surface area contributed by atoms with Crippen molar-refractivity contribution in [1.29, 1.82) is 0 Å². The Morgan fingerprint density at radius 2 is 1.85 bits per heavy atom. The second-order valence-electron chi connectivity index (χ2n) is 9.19. The fourth-order valence-corrected chi connectivity index (χ4v) is 7.14. The summed E-state index contributed by atoms with van der Waals surface area (Å²) < 4.78 is 1.78. The summed E-state index contributed by atoms with van der Waals surface area (Å²) in [5, 5.41) is 1.59. The highest BCUT2D eigenvalue weighted by atomic mass is 32.2. The molecule has 178 valence electrons. The molecule has 1 N–H and O–H groups in total. The smallest absolute Gasteiger partial charge is 0.347 e. The molecule has 1 aliphatic heterocycles. The number of benzene rings is 1. The maximum atomic E-state index is 13.5. The van der Waals surface area contributed by atoms with E-state index in [1.54, 1.807) is 15.9 Å². The second-order valence-corrected chi connectivity index (χ2v) is 11.3. The first-order valence-electron chi connectivity index (χ1n) is 12.0. The normalized spacial score (nSPS) is 16.0. The lowest BCUT2D eigenvalue weighted by atomic mass is 9.97. The van der Waals surface area contributed by atoms with E-state index in [2.05, 4.69) is 28.6 Å². The minimum Gasteiger partial charge on any atom is -0.368 e. The molecule has 5 rings (SSSR count). The van der Waals surface area contributed by atoms with Crippen LogP contribution in [0.2, 0.25) is 0 Å². The van der Waals surface area contributed by atoms with Crippen molar-refractivity contribution in [2.24, 2.45) is 0 Å². The van der Waals surface area contributed by atoms with Crippen molar-refractivity contribution in [2.75, 3.05) is 36.8 Å². The minimum absolute atomic E-state index is 0.0441. The fraction of sp³-hybridized carbons (Fsp3) is 0.423. The topological polar surface area (TPSA) is 59.7 Å². The number of nitrogens with one attached hydrogen (secondary N) is 1. The monoisotopic (exact) mass is 495 g/mol. The van der Waals surface area contributed by atoms with Gasteiger partial charge in [-0.3, -0.25) is 4.79 Å². The van der Waals surface area contributed by atoms with Crippen molar-refractivity contribution in [3.63, 3.8) is 0 Å². The number of para-hydroxylation sites is 1. The van der Waals surface area contributed by atoms with Crippen molar-refractivity contribution >= 4 is 44.9 Å². The van der Waals surface area contributed by atoms with Gasteiger partial charge >= 0.3 is 10.7 Å². The molecule has 0 spiro atoms. The van der Waals surface area contributed by atoms with Gasteiger partial charge in [0.25, 0.3) is 0 Å². The number of hydrogen-bond acceptors (Lipinski definition) is 5. The van der Waals surface area contributed by atoms with Crippen LogP contribution in [0.15, 0.2) is 52.4 Å². The van der Waals surface area contributed by atoms with Gasteiger partial charge in [-0.1, -0.05) is 36.1 Å². The van der Waals surface area contributed by atoms with Gasteiger partial charge in [0.05, 0.1) is 5.75 Å². The third-order valence-corrected chi connectivity index (χ3v) is 8.80. The van der Waals surface area contributed by atoms with Crippen LogP contribution in [0.25, 0.3) is 10.2 Å². The zero-order valence-corrected chi connectivity index (χ0v) is 21.3. The van der Waals surface area contributed by atoms with Crippen molar-refractivity contribution in [3.8, 4) is 0 Å². The van der Waals surface area contributed by atoms with Crippen molar-refractivity contribution in [1.82, 2.24) is 9.47 Å². The minimum atomic E-state index is 0.0441. The first-order chi connectivity index (χ1) is 16.5. The van der Waals surface area contributed by atoms with Gasteiger partial charge in [-0.05, 0) is 67.6 Å². The average Bonchev–Trinajstić information content (AvgIpc) is 3.23. The molecule has 2 aliphatic rings. The molecule has 3 aromatic rings. The molecule has 0 radical (unpaired) electrons. The molecule has 8 heteroatoms. The number of aryl methyl sites for hydroxylation is 2. The van der Waals surface area contributed by atoms with Crippen LogP contribution in [0.3, 0.4) is 0 Å². The Morgan fingerprint density at radius 3 is 2.59 bits per heavy atom. The number of rotatable bonds is 6. The van der Waals surface area contributed by atoms with Crippen LogP contribution < -0.4 is 15.4 Å². The summed E-state index contributed by atoms with van der Waals surface area (Å²) in [6, 6.07) is 10.3. The van der Waals surface area contributed by atoms with E-state index < -0.39 is 0 Å². The molecule has 1 fully saturated rings. The number of hydrogen-bond donors (Lipinski definition) is 0. The third kappa shape index (κ3) is 4.66. The lowest BCUT2D eigenvalue weighted by Crippen LogP contribution is -2.49. The van der Waals surface area contributed by atoms with E-state index in [9.17, 15) is 9.59 Å². The zero-order valence-electron chi connectivity index (χ0n) is 19.6. The molecule has 2 aromatic heterocycles. The molecular weight excluding hydrogens is 464 g/mol. The Morgan fingerprint density at radius 1 is 1.12 bits per heavy atom. The number of aromatic nitrogens is 2. The Bertz CT molecular complexity index is 1270. The fourth-order valence-electron chi connectivity index (χ4n) is 4.87. The van der Waals surface area contributed by atoms with E-state index in [1.807, 2.05) is 30.0 Å².